The fourth-order valence-electron chi connectivity index (χ4n) is 2.45. The Morgan fingerprint density at radius 1 is 1.15 bits per heavy atom. The van der Waals surface area contributed by atoms with Crippen molar-refractivity contribution in [1.29, 1.82) is 0 Å². The van der Waals surface area contributed by atoms with Crippen LogP contribution in [0.25, 0.3) is 0 Å². The molecule has 1 aliphatic carbocycles. The summed E-state index contributed by atoms with van der Waals surface area (Å²) in [5.74, 6) is 2.26. The van der Waals surface area contributed by atoms with Crippen molar-refractivity contribution in [1.82, 2.24) is 0 Å². The minimum Gasteiger partial charge on any atom is -0.396 e. The summed E-state index contributed by atoms with van der Waals surface area (Å²) in [4.78, 5) is 0. The van der Waals surface area contributed by atoms with E-state index in [2.05, 4.69) is 13.8 Å². The van der Waals surface area contributed by atoms with Gasteiger partial charge >= 0.3 is 0 Å². The summed E-state index contributed by atoms with van der Waals surface area (Å²) in [5.41, 5.74) is 0. The molecule has 0 amide bonds. The first-order chi connectivity index (χ1) is 6.24. The Hall–Kier alpha value is -0.0400. The van der Waals surface area contributed by atoms with Crippen molar-refractivity contribution in [2.24, 2.45) is 17.8 Å². The predicted molar refractivity (Wildman–Crippen MR) is 56.6 cm³/mol. The molecular weight excluding hydrogens is 160 g/mol. The number of aliphatic hydroxyl groups excluding tert-OH is 1. The molecule has 1 aliphatic rings. The van der Waals surface area contributed by atoms with Gasteiger partial charge in [-0.05, 0) is 30.6 Å². The molecule has 0 radical (unpaired) electrons. The van der Waals surface area contributed by atoms with E-state index in [-0.39, 0.29) is 0 Å². The summed E-state index contributed by atoms with van der Waals surface area (Å²) < 4.78 is 0. The van der Waals surface area contributed by atoms with Crippen molar-refractivity contribution in [2.45, 2.75) is 52.4 Å². The van der Waals surface area contributed by atoms with Gasteiger partial charge in [0.15, 0.2) is 0 Å². The van der Waals surface area contributed by atoms with Crippen LogP contribution in [0.3, 0.4) is 0 Å². The van der Waals surface area contributed by atoms with E-state index in [9.17, 15) is 5.11 Å². The van der Waals surface area contributed by atoms with Gasteiger partial charge in [0.25, 0.3) is 0 Å². The first kappa shape index (κ1) is 11.0. The molecule has 0 heterocycles. The summed E-state index contributed by atoms with van der Waals surface area (Å²) in [7, 11) is 0. The first-order valence-corrected chi connectivity index (χ1v) is 5.85. The number of rotatable bonds is 4. The largest absolute Gasteiger partial charge is 0.396 e. The molecule has 1 heteroatoms. The van der Waals surface area contributed by atoms with Crippen molar-refractivity contribution in [3.05, 3.63) is 0 Å². The van der Waals surface area contributed by atoms with Crippen LogP contribution in [0.5, 0.6) is 0 Å². The molecule has 0 bridgehead atoms. The normalized spacial score (nSPS) is 29.5. The van der Waals surface area contributed by atoms with E-state index in [1.165, 1.54) is 38.5 Å². The third-order valence-electron chi connectivity index (χ3n) is 3.42. The van der Waals surface area contributed by atoms with Crippen molar-refractivity contribution in [3.8, 4) is 0 Å². The molecule has 0 spiro atoms. The lowest BCUT2D eigenvalue weighted by Gasteiger charge is -2.30. The molecular formula is C12H24O. The Kier molecular flexibility index (Phi) is 4.79. The molecule has 0 aromatic rings. The lowest BCUT2D eigenvalue weighted by atomic mass is 9.76. The Bertz CT molecular complexity index is 131. The monoisotopic (exact) mass is 184 g/mol. The molecule has 0 saturated heterocycles. The topological polar surface area (TPSA) is 20.2 Å². The highest BCUT2D eigenvalue weighted by Crippen LogP contribution is 2.33. The average molecular weight is 184 g/mol. The van der Waals surface area contributed by atoms with Crippen LogP contribution in [-0.4, -0.2) is 11.7 Å². The van der Waals surface area contributed by atoms with E-state index < -0.39 is 0 Å². The highest BCUT2D eigenvalue weighted by Gasteiger charge is 2.23. The lowest BCUT2D eigenvalue weighted by Crippen LogP contribution is -2.22. The third kappa shape index (κ3) is 3.68. The zero-order chi connectivity index (χ0) is 9.68. The zero-order valence-corrected chi connectivity index (χ0v) is 9.13. The van der Waals surface area contributed by atoms with Crippen LogP contribution in [0.2, 0.25) is 0 Å². The van der Waals surface area contributed by atoms with E-state index in [1.54, 1.807) is 0 Å². The van der Waals surface area contributed by atoms with Crippen LogP contribution < -0.4 is 0 Å². The molecule has 0 aromatic carbocycles. The second kappa shape index (κ2) is 5.64. The summed E-state index contributed by atoms with van der Waals surface area (Å²) in [6, 6.07) is 0. The van der Waals surface area contributed by atoms with Gasteiger partial charge < -0.3 is 5.11 Å². The van der Waals surface area contributed by atoms with Crippen molar-refractivity contribution >= 4 is 0 Å². The molecule has 78 valence electrons. The van der Waals surface area contributed by atoms with Gasteiger partial charge in [-0.15, -0.1) is 0 Å². The summed E-state index contributed by atoms with van der Waals surface area (Å²) in [6.45, 7) is 5.00. The highest BCUT2D eigenvalue weighted by molar-refractivity contribution is 4.75. The smallest absolute Gasteiger partial charge is 0.0461 e. The maximum absolute atomic E-state index is 9.23. The molecule has 0 aliphatic heterocycles. The number of hydrogen-bond acceptors (Lipinski definition) is 1. The molecule has 2 unspecified atom stereocenters. The van der Waals surface area contributed by atoms with Crippen molar-refractivity contribution in [2.75, 3.05) is 6.61 Å². The molecule has 1 saturated carbocycles. The van der Waals surface area contributed by atoms with Gasteiger partial charge in [0.2, 0.25) is 0 Å². The summed E-state index contributed by atoms with van der Waals surface area (Å²) >= 11 is 0. The fraction of sp³-hybridized carbons (Fsp3) is 1.00. The van der Waals surface area contributed by atoms with Crippen LogP contribution in [-0.2, 0) is 0 Å². The van der Waals surface area contributed by atoms with Gasteiger partial charge in [-0.3, -0.25) is 0 Å². The van der Waals surface area contributed by atoms with E-state index >= 15 is 0 Å². The molecule has 2 atom stereocenters. The number of aliphatic hydroxyl groups is 1. The van der Waals surface area contributed by atoms with Gasteiger partial charge in [0, 0.05) is 6.61 Å². The fourth-order valence-corrected chi connectivity index (χ4v) is 2.45. The van der Waals surface area contributed by atoms with Gasteiger partial charge in [-0.2, -0.15) is 0 Å². The lowest BCUT2D eigenvalue weighted by molar-refractivity contribution is 0.125. The van der Waals surface area contributed by atoms with Crippen LogP contribution in [0.4, 0.5) is 0 Å². The Balaban J connectivity index is 2.27. The van der Waals surface area contributed by atoms with Crippen molar-refractivity contribution in [3.63, 3.8) is 0 Å². The van der Waals surface area contributed by atoms with Crippen LogP contribution in [0, 0.1) is 17.8 Å². The first-order valence-electron chi connectivity index (χ1n) is 5.85. The molecule has 1 fully saturated rings. The zero-order valence-electron chi connectivity index (χ0n) is 9.13. The average Bonchev–Trinajstić information content (AvgIpc) is 2.15. The Morgan fingerprint density at radius 2 is 1.77 bits per heavy atom. The molecule has 0 aromatic heterocycles. The van der Waals surface area contributed by atoms with E-state index in [0.717, 1.165) is 11.8 Å². The predicted octanol–water partition coefficient (Wildman–Crippen LogP) is 3.22. The van der Waals surface area contributed by atoms with Gasteiger partial charge in [-0.25, -0.2) is 0 Å². The Morgan fingerprint density at radius 3 is 2.31 bits per heavy atom. The van der Waals surface area contributed by atoms with Gasteiger partial charge in [-0.1, -0.05) is 39.5 Å². The van der Waals surface area contributed by atoms with Crippen LogP contribution >= 0.6 is 0 Å². The van der Waals surface area contributed by atoms with Crippen LogP contribution in [0.1, 0.15) is 52.4 Å². The minimum atomic E-state index is 0.419. The third-order valence-corrected chi connectivity index (χ3v) is 3.42. The van der Waals surface area contributed by atoms with E-state index in [0.29, 0.717) is 12.5 Å². The second-order valence-electron chi connectivity index (χ2n) is 4.96. The molecule has 1 nitrogen and oxygen atoms in total. The minimum absolute atomic E-state index is 0.419. The molecule has 1 N–H and O–H groups in total. The highest BCUT2D eigenvalue weighted by atomic mass is 16.3. The SMILES string of the molecule is CC(C)CCC1CCCCC1CO. The van der Waals surface area contributed by atoms with Crippen LogP contribution in [0.15, 0.2) is 0 Å². The van der Waals surface area contributed by atoms with E-state index in [1.807, 2.05) is 0 Å². The maximum atomic E-state index is 9.23. The van der Waals surface area contributed by atoms with Gasteiger partial charge in [0.05, 0.1) is 0 Å². The quantitative estimate of drug-likeness (QED) is 0.711. The Labute approximate surface area is 82.5 Å². The van der Waals surface area contributed by atoms with E-state index in [4.69, 9.17) is 0 Å². The standard InChI is InChI=1S/C12H24O/c1-10(2)7-8-11-5-3-4-6-12(11)9-13/h10-13H,3-9H2,1-2H3. The molecule has 13 heavy (non-hydrogen) atoms. The number of hydrogen-bond donors (Lipinski definition) is 1. The molecule has 1 rings (SSSR count). The second-order valence-corrected chi connectivity index (χ2v) is 4.96. The summed E-state index contributed by atoms with van der Waals surface area (Å²) in [6.07, 6.45) is 8.02. The van der Waals surface area contributed by atoms with Crippen molar-refractivity contribution < 1.29 is 5.11 Å². The maximum Gasteiger partial charge on any atom is 0.0461 e. The van der Waals surface area contributed by atoms with Gasteiger partial charge in [0.1, 0.15) is 0 Å². The summed E-state index contributed by atoms with van der Waals surface area (Å²) in [5, 5.41) is 9.23.